The molecule has 2 N–H and O–H groups in total. The van der Waals surface area contributed by atoms with Crippen molar-refractivity contribution in [2.45, 2.75) is 11.4 Å². The van der Waals surface area contributed by atoms with E-state index in [-0.39, 0.29) is 5.37 Å². The molecule has 0 bridgehead atoms. The van der Waals surface area contributed by atoms with Crippen molar-refractivity contribution >= 4 is 33.7 Å². The quantitative estimate of drug-likeness (QED) is 0.884. The molecule has 0 saturated carbocycles. The first kappa shape index (κ1) is 13.7. The lowest BCUT2D eigenvalue weighted by Gasteiger charge is -2.07. The highest BCUT2D eigenvalue weighted by molar-refractivity contribution is 9.10. The predicted octanol–water partition coefficient (Wildman–Crippen LogP) is 3.50. The van der Waals surface area contributed by atoms with Crippen molar-refractivity contribution in [1.29, 1.82) is 0 Å². The van der Waals surface area contributed by atoms with Crippen molar-refractivity contribution in [3.8, 4) is 11.3 Å². The van der Waals surface area contributed by atoms with Gasteiger partial charge in [-0.15, -0.1) is 11.8 Å². The van der Waals surface area contributed by atoms with Crippen LogP contribution in [0.4, 0.5) is 0 Å². The zero-order valence-corrected chi connectivity index (χ0v) is 12.8. The predicted molar refractivity (Wildman–Crippen MR) is 81.6 cm³/mol. The summed E-state index contributed by atoms with van der Waals surface area (Å²) >= 11 is 4.95. The number of rotatable bonds is 3. The molecule has 1 fully saturated rings. The lowest BCUT2D eigenvalue weighted by atomic mass is 10.2. The van der Waals surface area contributed by atoms with Gasteiger partial charge >= 0.3 is 5.97 Å². The van der Waals surface area contributed by atoms with E-state index < -0.39 is 12.0 Å². The minimum absolute atomic E-state index is 0.0969. The molecule has 0 spiro atoms. The maximum Gasteiger partial charge on any atom is 0.321 e. The van der Waals surface area contributed by atoms with E-state index in [0.29, 0.717) is 5.75 Å². The van der Waals surface area contributed by atoms with Crippen LogP contribution in [0.5, 0.6) is 0 Å². The van der Waals surface area contributed by atoms with E-state index in [1.807, 2.05) is 36.4 Å². The number of carboxylic acid groups (broad SMARTS) is 1. The van der Waals surface area contributed by atoms with Crippen LogP contribution in [0.1, 0.15) is 11.1 Å². The number of nitrogens with one attached hydrogen (secondary N) is 1. The van der Waals surface area contributed by atoms with Crippen LogP contribution in [0, 0.1) is 0 Å². The first-order valence-electron chi connectivity index (χ1n) is 6.09. The van der Waals surface area contributed by atoms with Gasteiger partial charge in [0.2, 0.25) is 0 Å². The van der Waals surface area contributed by atoms with Gasteiger partial charge in [-0.2, -0.15) is 0 Å². The summed E-state index contributed by atoms with van der Waals surface area (Å²) in [6.45, 7) is 0. The lowest BCUT2D eigenvalue weighted by Crippen LogP contribution is -2.33. The first-order chi connectivity index (χ1) is 9.63. The Hall–Kier alpha value is -1.24. The summed E-state index contributed by atoms with van der Waals surface area (Å²) in [5.74, 6) is 1.28. The number of hydrogen-bond acceptors (Lipinski definition) is 4. The van der Waals surface area contributed by atoms with Gasteiger partial charge in [0.25, 0.3) is 0 Å². The smallest absolute Gasteiger partial charge is 0.321 e. The third-order valence-electron chi connectivity index (χ3n) is 3.09. The Balaban J connectivity index is 1.77. The van der Waals surface area contributed by atoms with E-state index in [2.05, 4.69) is 21.2 Å². The summed E-state index contributed by atoms with van der Waals surface area (Å²) in [6.07, 6.45) is 0. The van der Waals surface area contributed by atoms with E-state index in [1.54, 1.807) is 11.8 Å². The number of carboxylic acids is 1. The SMILES string of the molecule is O=C(O)[C@H]1CS[C@H](c2ccc(-c3ccc(Br)cc3)o2)N1. The van der Waals surface area contributed by atoms with Gasteiger partial charge < -0.3 is 9.52 Å². The standard InChI is InChI=1S/C14H12BrNO3S/c15-9-3-1-8(2-4-9)11-5-6-12(19-11)13-16-10(7-20-13)14(17)18/h1-6,10,13,16H,7H2,(H,17,18)/t10-,13-/m1/s1. The van der Waals surface area contributed by atoms with Gasteiger partial charge in [-0.1, -0.05) is 28.1 Å². The summed E-state index contributed by atoms with van der Waals surface area (Å²) in [4.78, 5) is 10.9. The minimum Gasteiger partial charge on any atom is -0.480 e. The van der Waals surface area contributed by atoms with Crippen LogP contribution in [-0.2, 0) is 4.79 Å². The van der Waals surface area contributed by atoms with Gasteiger partial charge in [-0.05, 0) is 24.3 Å². The van der Waals surface area contributed by atoms with Gasteiger partial charge in [-0.25, -0.2) is 0 Å². The van der Waals surface area contributed by atoms with Gasteiger partial charge in [0, 0.05) is 15.8 Å². The molecule has 1 aromatic heterocycles. The third-order valence-corrected chi connectivity index (χ3v) is 4.85. The monoisotopic (exact) mass is 353 g/mol. The normalized spacial score (nSPS) is 22.1. The highest BCUT2D eigenvalue weighted by Crippen LogP contribution is 2.35. The molecule has 2 atom stereocenters. The summed E-state index contributed by atoms with van der Waals surface area (Å²) in [6, 6.07) is 11.2. The second-order valence-corrected chi connectivity index (χ2v) is 6.53. The first-order valence-corrected chi connectivity index (χ1v) is 7.94. The fraction of sp³-hybridized carbons (Fsp3) is 0.214. The van der Waals surface area contributed by atoms with E-state index in [9.17, 15) is 4.79 Å². The van der Waals surface area contributed by atoms with E-state index in [0.717, 1.165) is 21.6 Å². The van der Waals surface area contributed by atoms with Crippen LogP contribution in [0.15, 0.2) is 45.3 Å². The Labute approximate surface area is 128 Å². The average Bonchev–Trinajstić information content (AvgIpc) is 3.08. The molecule has 1 saturated heterocycles. The molecule has 6 heteroatoms. The van der Waals surface area contributed by atoms with Crippen LogP contribution < -0.4 is 5.32 Å². The van der Waals surface area contributed by atoms with Crippen LogP contribution in [0.2, 0.25) is 0 Å². The van der Waals surface area contributed by atoms with Crippen LogP contribution in [0.3, 0.4) is 0 Å². The molecule has 2 heterocycles. The van der Waals surface area contributed by atoms with Crippen molar-refractivity contribution < 1.29 is 14.3 Å². The van der Waals surface area contributed by atoms with Crippen LogP contribution >= 0.6 is 27.7 Å². The molecule has 0 radical (unpaired) electrons. The lowest BCUT2D eigenvalue weighted by molar-refractivity contribution is -0.138. The molecule has 0 amide bonds. The molecule has 2 aromatic rings. The fourth-order valence-electron chi connectivity index (χ4n) is 2.04. The molecule has 1 aromatic carbocycles. The molecule has 0 aliphatic carbocycles. The Morgan fingerprint density at radius 1 is 1.30 bits per heavy atom. The molecular weight excluding hydrogens is 342 g/mol. The Morgan fingerprint density at radius 2 is 2.05 bits per heavy atom. The number of aliphatic carboxylic acids is 1. The van der Waals surface area contributed by atoms with Crippen molar-refractivity contribution in [2.75, 3.05) is 5.75 Å². The van der Waals surface area contributed by atoms with Crippen LogP contribution in [0.25, 0.3) is 11.3 Å². The van der Waals surface area contributed by atoms with E-state index >= 15 is 0 Å². The summed E-state index contributed by atoms with van der Waals surface area (Å²) in [7, 11) is 0. The van der Waals surface area contributed by atoms with Crippen LogP contribution in [-0.4, -0.2) is 22.9 Å². The van der Waals surface area contributed by atoms with Crippen molar-refractivity contribution in [3.63, 3.8) is 0 Å². The summed E-state index contributed by atoms with van der Waals surface area (Å²) < 4.78 is 6.85. The minimum atomic E-state index is -0.820. The molecule has 1 aliphatic rings. The zero-order valence-electron chi connectivity index (χ0n) is 10.4. The Kier molecular flexibility index (Phi) is 3.87. The zero-order chi connectivity index (χ0) is 14.1. The molecular formula is C14H12BrNO3S. The molecule has 0 unspecified atom stereocenters. The largest absolute Gasteiger partial charge is 0.480 e. The highest BCUT2D eigenvalue weighted by atomic mass is 79.9. The molecule has 104 valence electrons. The van der Waals surface area contributed by atoms with Crippen molar-refractivity contribution in [1.82, 2.24) is 5.32 Å². The molecule has 20 heavy (non-hydrogen) atoms. The van der Waals surface area contributed by atoms with Crippen molar-refractivity contribution in [2.24, 2.45) is 0 Å². The second-order valence-electron chi connectivity index (χ2n) is 4.48. The molecule has 3 rings (SSSR count). The van der Waals surface area contributed by atoms with Gasteiger partial charge in [0.15, 0.2) is 0 Å². The van der Waals surface area contributed by atoms with Gasteiger partial charge in [0.05, 0.1) is 0 Å². The number of carbonyl (C=O) groups is 1. The maximum atomic E-state index is 10.9. The number of benzene rings is 1. The maximum absolute atomic E-state index is 10.9. The second kappa shape index (κ2) is 5.63. The van der Waals surface area contributed by atoms with Gasteiger partial charge in [0.1, 0.15) is 22.9 Å². The van der Waals surface area contributed by atoms with E-state index in [4.69, 9.17) is 9.52 Å². The summed E-state index contributed by atoms with van der Waals surface area (Å²) in [5, 5.41) is 11.9. The van der Waals surface area contributed by atoms with Crippen molar-refractivity contribution in [3.05, 3.63) is 46.6 Å². The number of halogens is 1. The topological polar surface area (TPSA) is 62.5 Å². The highest BCUT2D eigenvalue weighted by Gasteiger charge is 2.32. The summed E-state index contributed by atoms with van der Waals surface area (Å²) in [5.41, 5.74) is 0.997. The average molecular weight is 354 g/mol. The Bertz CT molecular complexity index is 626. The third kappa shape index (κ3) is 2.77. The van der Waals surface area contributed by atoms with E-state index in [1.165, 1.54) is 0 Å². The molecule has 4 nitrogen and oxygen atoms in total. The fourth-order valence-corrected chi connectivity index (χ4v) is 3.48. The number of thioether (sulfide) groups is 1. The molecule has 1 aliphatic heterocycles. The van der Waals surface area contributed by atoms with Gasteiger partial charge in [-0.3, -0.25) is 10.1 Å². The Morgan fingerprint density at radius 3 is 2.70 bits per heavy atom. The number of hydrogen-bond donors (Lipinski definition) is 2. The number of furan rings is 1.